The fourth-order valence-electron chi connectivity index (χ4n) is 3.36. The van der Waals surface area contributed by atoms with Gasteiger partial charge in [0.15, 0.2) is 17.1 Å². The van der Waals surface area contributed by atoms with Crippen LogP contribution in [0.1, 0.15) is 42.8 Å². The van der Waals surface area contributed by atoms with Crippen LogP contribution in [0.5, 0.6) is 11.5 Å². The van der Waals surface area contributed by atoms with Crippen molar-refractivity contribution in [3.63, 3.8) is 0 Å². The van der Waals surface area contributed by atoms with Crippen molar-refractivity contribution in [1.82, 2.24) is 14.6 Å². The third-order valence-electron chi connectivity index (χ3n) is 5.00. The maximum absolute atomic E-state index is 13.9. The summed E-state index contributed by atoms with van der Waals surface area (Å²) >= 11 is 0. The minimum Gasteiger partial charge on any atom is -0.493 e. The molecule has 1 atom stereocenters. The molecule has 0 saturated heterocycles. The molecule has 0 radical (unpaired) electrons. The molecule has 1 aliphatic rings. The molecule has 1 saturated carbocycles. The van der Waals surface area contributed by atoms with Crippen LogP contribution in [0, 0.1) is 11.7 Å². The highest BCUT2D eigenvalue weighted by molar-refractivity contribution is 5.54. The van der Waals surface area contributed by atoms with Crippen LogP contribution in [-0.4, -0.2) is 21.7 Å². The normalized spacial score (nSPS) is 15.5. The molecule has 1 fully saturated rings. The van der Waals surface area contributed by atoms with Gasteiger partial charge in [0.25, 0.3) is 0 Å². The van der Waals surface area contributed by atoms with E-state index in [1.807, 2.05) is 0 Å². The molecule has 9 heteroatoms. The SMILES string of the molecule is COc1cc(F)ccc1O[C@@H](C)c1ccn2c(CC3CC3)nnc2c1C(F)(F)F. The Bertz CT molecular complexity index is 1040. The number of pyridine rings is 1. The second kappa shape index (κ2) is 7.20. The Hall–Kier alpha value is -2.84. The molecule has 0 spiro atoms. The smallest absolute Gasteiger partial charge is 0.420 e. The van der Waals surface area contributed by atoms with Crippen molar-refractivity contribution >= 4 is 5.65 Å². The molecule has 154 valence electrons. The summed E-state index contributed by atoms with van der Waals surface area (Å²) in [5.41, 5.74) is -1.21. The van der Waals surface area contributed by atoms with E-state index in [1.165, 1.54) is 30.6 Å². The Morgan fingerprint density at radius 3 is 2.59 bits per heavy atom. The number of benzene rings is 1. The Morgan fingerprint density at radius 1 is 1.17 bits per heavy atom. The molecule has 5 nitrogen and oxygen atoms in total. The van der Waals surface area contributed by atoms with Gasteiger partial charge >= 0.3 is 6.18 Å². The third kappa shape index (κ3) is 3.86. The average molecular weight is 409 g/mol. The lowest BCUT2D eigenvalue weighted by Gasteiger charge is -2.21. The summed E-state index contributed by atoms with van der Waals surface area (Å²) in [6.45, 7) is 1.49. The summed E-state index contributed by atoms with van der Waals surface area (Å²) in [5, 5.41) is 7.81. The minimum absolute atomic E-state index is 0.0817. The number of ether oxygens (including phenoxy) is 2. The molecule has 0 aliphatic heterocycles. The van der Waals surface area contributed by atoms with Crippen molar-refractivity contribution in [2.24, 2.45) is 5.92 Å². The molecular weight excluding hydrogens is 390 g/mol. The van der Waals surface area contributed by atoms with E-state index in [0.717, 1.165) is 25.0 Å². The highest BCUT2D eigenvalue weighted by Crippen LogP contribution is 2.40. The first-order valence-electron chi connectivity index (χ1n) is 9.22. The van der Waals surface area contributed by atoms with Crippen LogP contribution in [0.3, 0.4) is 0 Å². The molecule has 0 unspecified atom stereocenters. The predicted octanol–water partition coefficient (Wildman–Crippen LogP) is 4.99. The fourth-order valence-corrected chi connectivity index (χ4v) is 3.36. The molecule has 0 amide bonds. The minimum atomic E-state index is -4.65. The molecule has 1 aromatic carbocycles. The van der Waals surface area contributed by atoms with Crippen LogP contribution in [-0.2, 0) is 12.6 Å². The van der Waals surface area contributed by atoms with Crippen molar-refractivity contribution < 1.29 is 27.0 Å². The lowest BCUT2D eigenvalue weighted by molar-refractivity contribution is -0.138. The number of aromatic nitrogens is 3. The molecule has 2 heterocycles. The highest BCUT2D eigenvalue weighted by atomic mass is 19.4. The topological polar surface area (TPSA) is 48.7 Å². The van der Waals surface area contributed by atoms with Crippen molar-refractivity contribution in [3.8, 4) is 11.5 Å². The van der Waals surface area contributed by atoms with Gasteiger partial charge in [0.1, 0.15) is 23.3 Å². The number of methoxy groups -OCH3 is 1. The Kier molecular flexibility index (Phi) is 4.84. The van der Waals surface area contributed by atoms with Crippen molar-refractivity contribution in [2.75, 3.05) is 7.11 Å². The average Bonchev–Trinajstić information content (AvgIpc) is 3.40. The molecular formula is C20H19F4N3O2. The molecule has 1 aliphatic carbocycles. The van der Waals surface area contributed by atoms with Gasteiger partial charge in [-0.05, 0) is 43.9 Å². The Labute approximate surface area is 164 Å². The van der Waals surface area contributed by atoms with Crippen LogP contribution < -0.4 is 9.47 Å². The summed E-state index contributed by atoms with van der Waals surface area (Å²) in [6, 6.07) is 4.96. The molecule has 3 aromatic rings. The van der Waals surface area contributed by atoms with E-state index in [1.54, 1.807) is 6.20 Å². The van der Waals surface area contributed by atoms with Crippen LogP contribution in [0.25, 0.3) is 5.65 Å². The van der Waals surface area contributed by atoms with Crippen LogP contribution in [0.15, 0.2) is 30.5 Å². The molecule has 4 rings (SSSR count). The summed E-state index contributed by atoms with van der Waals surface area (Å²) < 4.78 is 67.4. The monoisotopic (exact) mass is 409 g/mol. The van der Waals surface area contributed by atoms with Gasteiger partial charge in [0.05, 0.1) is 7.11 Å². The largest absolute Gasteiger partial charge is 0.493 e. The Morgan fingerprint density at radius 2 is 1.93 bits per heavy atom. The van der Waals surface area contributed by atoms with E-state index in [2.05, 4.69) is 10.2 Å². The number of alkyl halides is 3. The van der Waals surface area contributed by atoms with Crippen LogP contribution in [0.2, 0.25) is 0 Å². The molecule has 0 bridgehead atoms. The van der Waals surface area contributed by atoms with Gasteiger partial charge < -0.3 is 9.47 Å². The molecule has 0 N–H and O–H groups in total. The van der Waals surface area contributed by atoms with E-state index < -0.39 is 23.7 Å². The second-order valence-electron chi connectivity index (χ2n) is 7.16. The van der Waals surface area contributed by atoms with Crippen LogP contribution >= 0.6 is 0 Å². The lowest BCUT2D eigenvalue weighted by atomic mass is 10.0. The van der Waals surface area contributed by atoms with Crippen molar-refractivity contribution in [1.29, 1.82) is 0 Å². The van der Waals surface area contributed by atoms with Gasteiger partial charge in [-0.1, -0.05) is 0 Å². The number of hydrogen-bond acceptors (Lipinski definition) is 4. The zero-order chi connectivity index (χ0) is 20.8. The quantitative estimate of drug-likeness (QED) is 0.539. The fraction of sp³-hybridized carbons (Fsp3) is 0.400. The molecule has 2 aromatic heterocycles. The number of nitrogens with zero attached hydrogens (tertiary/aromatic N) is 3. The first-order valence-corrected chi connectivity index (χ1v) is 9.22. The second-order valence-corrected chi connectivity index (χ2v) is 7.16. The van der Waals surface area contributed by atoms with Crippen molar-refractivity contribution in [3.05, 3.63) is 53.2 Å². The van der Waals surface area contributed by atoms with Crippen LogP contribution in [0.4, 0.5) is 17.6 Å². The van der Waals surface area contributed by atoms with E-state index in [0.29, 0.717) is 18.2 Å². The van der Waals surface area contributed by atoms with Gasteiger partial charge in [-0.2, -0.15) is 13.2 Å². The molecule has 29 heavy (non-hydrogen) atoms. The summed E-state index contributed by atoms with van der Waals surface area (Å²) in [4.78, 5) is 0. The number of halogens is 4. The zero-order valence-electron chi connectivity index (χ0n) is 15.8. The van der Waals surface area contributed by atoms with Gasteiger partial charge in [-0.25, -0.2) is 4.39 Å². The van der Waals surface area contributed by atoms with E-state index >= 15 is 0 Å². The number of fused-ring (bicyclic) bond motifs is 1. The third-order valence-corrected chi connectivity index (χ3v) is 5.00. The first kappa shape index (κ1) is 19.5. The van der Waals surface area contributed by atoms with Gasteiger partial charge in [0.2, 0.25) is 0 Å². The lowest BCUT2D eigenvalue weighted by Crippen LogP contribution is -2.16. The maximum atomic E-state index is 13.9. The predicted molar refractivity (Wildman–Crippen MR) is 96.4 cm³/mol. The van der Waals surface area contributed by atoms with Gasteiger partial charge in [0, 0.05) is 24.2 Å². The highest BCUT2D eigenvalue weighted by Gasteiger charge is 2.39. The summed E-state index contributed by atoms with van der Waals surface area (Å²) in [5.74, 6) is 0.690. The van der Waals surface area contributed by atoms with E-state index in [4.69, 9.17) is 9.47 Å². The van der Waals surface area contributed by atoms with E-state index in [9.17, 15) is 17.6 Å². The maximum Gasteiger partial charge on any atom is 0.420 e. The van der Waals surface area contributed by atoms with Gasteiger partial charge in [-0.3, -0.25) is 4.40 Å². The van der Waals surface area contributed by atoms with Crippen molar-refractivity contribution in [2.45, 2.75) is 38.5 Å². The first-order chi connectivity index (χ1) is 13.8. The Balaban J connectivity index is 1.74. The number of hydrogen-bond donors (Lipinski definition) is 0. The summed E-state index contributed by atoms with van der Waals surface area (Å²) in [7, 11) is 1.33. The van der Waals surface area contributed by atoms with E-state index in [-0.39, 0.29) is 22.7 Å². The standard InChI is InChI=1S/C20H19F4N3O2/c1-11(29-15-6-5-13(21)10-16(15)28-2)14-7-8-27-17(9-12-3-4-12)25-26-19(27)18(14)20(22,23)24/h5-8,10-12H,3-4,9H2,1-2H3/t11-/m0/s1. The van der Waals surface area contributed by atoms with Gasteiger partial charge in [-0.15, -0.1) is 10.2 Å². The summed E-state index contributed by atoms with van der Waals surface area (Å²) in [6.07, 6.45) is -1.37. The zero-order valence-corrected chi connectivity index (χ0v) is 15.8. The number of rotatable bonds is 6.